The summed E-state index contributed by atoms with van der Waals surface area (Å²) in [5, 5.41) is 9.24. The lowest BCUT2D eigenvalue weighted by molar-refractivity contribution is 0.301. The van der Waals surface area contributed by atoms with Crippen LogP contribution in [0.4, 0.5) is 5.69 Å². The van der Waals surface area contributed by atoms with E-state index in [9.17, 15) is 13.5 Å². The summed E-state index contributed by atoms with van der Waals surface area (Å²) in [6.45, 7) is 3.28. The van der Waals surface area contributed by atoms with Gasteiger partial charge in [0.05, 0.1) is 12.3 Å². The van der Waals surface area contributed by atoms with Gasteiger partial charge in [0.2, 0.25) is 10.0 Å². The van der Waals surface area contributed by atoms with Crippen molar-refractivity contribution < 1.29 is 13.5 Å². The van der Waals surface area contributed by atoms with Crippen LogP contribution in [0.3, 0.4) is 0 Å². The molecule has 1 aliphatic carbocycles. The highest BCUT2D eigenvalue weighted by Gasteiger charge is 2.30. The molecule has 0 atom stereocenters. The van der Waals surface area contributed by atoms with Crippen LogP contribution in [0.25, 0.3) is 0 Å². The SMILES string of the molecule is CCCCN(CCO)c1ccccc1S(=O)(=O)NC1CC1. The fourth-order valence-electron chi connectivity index (χ4n) is 2.25. The smallest absolute Gasteiger partial charge is 0.242 e. The van der Waals surface area contributed by atoms with Gasteiger partial charge in [0.25, 0.3) is 0 Å². The largest absolute Gasteiger partial charge is 0.395 e. The maximum absolute atomic E-state index is 12.5. The molecule has 1 saturated carbocycles. The number of nitrogens with zero attached hydrogens (tertiary/aromatic N) is 1. The summed E-state index contributed by atoms with van der Waals surface area (Å²) in [4.78, 5) is 2.26. The normalized spacial score (nSPS) is 15.1. The minimum atomic E-state index is -3.49. The van der Waals surface area contributed by atoms with Gasteiger partial charge in [-0.05, 0) is 31.4 Å². The van der Waals surface area contributed by atoms with Crippen LogP contribution in [-0.4, -0.2) is 39.3 Å². The van der Waals surface area contributed by atoms with Crippen molar-refractivity contribution >= 4 is 15.7 Å². The topological polar surface area (TPSA) is 69.6 Å². The van der Waals surface area contributed by atoms with Crippen LogP contribution in [-0.2, 0) is 10.0 Å². The molecule has 0 unspecified atom stereocenters. The molecule has 1 aromatic carbocycles. The summed E-state index contributed by atoms with van der Waals surface area (Å²) in [5.74, 6) is 0. The summed E-state index contributed by atoms with van der Waals surface area (Å²) in [6.07, 6.45) is 3.82. The fourth-order valence-corrected chi connectivity index (χ4v) is 3.78. The van der Waals surface area contributed by atoms with Crippen LogP contribution < -0.4 is 9.62 Å². The van der Waals surface area contributed by atoms with Crippen molar-refractivity contribution in [1.82, 2.24) is 4.72 Å². The van der Waals surface area contributed by atoms with E-state index in [4.69, 9.17) is 0 Å². The van der Waals surface area contributed by atoms with Gasteiger partial charge in [0.1, 0.15) is 4.90 Å². The lowest BCUT2D eigenvalue weighted by Gasteiger charge is -2.26. The molecule has 21 heavy (non-hydrogen) atoms. The van der Waals surface area contributed by atoms with Crippen LogP contribution in [0.5, 0.6) is 0 Å². The number of rotatable bonds is 9. The van der Waals surface area contributed by atoms with Crippen molar-refractivity contribution in [2.24, 2.45) is 0 Å². The molecule has 0 heterocycles. The zero-order valence-electron chi connectivity index (χ0n) is 12.5. The van der Waals surface area contributed by atoms with E-state index in [1.54, 1.807) is 12.1 Å². The number of para-hydroxylation sites is 1. The maximum Gasteiger partial charge on any atom is 0.242 e. The van der Waals surface area contributed by atoms with E-state index in [1.807, 2.05) is 17.0 Å². The molecule has 1 aromatic rings. The minimum absolute atomic E-state index is 0.00809. The molecule has 1 aliphatic rings. The predicted molar refractivity (Wildman–Crippen MR) is 84.0 cm³/mol. The molecule has 5 nitrogen and oxygen atoms in total. The molecule has 2 rings (SSSR count). The third-order valence-corrected chi connectivity index (χ3v) is 5.11. The van der Waals surface area contributed by atoms with Crippen LogP contribution >= 0.6 is 0 Å². The molecule has 0 spiro atoms. The van der Waals surface area contributed by atoms with Gasteiger partial charge in [-0.3, -0.25) is 0 Å². The van der Waals surface area contributed by atoms with Crippen molar-refractivity contribution in [3.8, 4) is 0 Å². The maximum atomic E-state index is 12.5. The Labute approximate surface area is 127 Å². The number of benzene rings is 1. The Balaban J connectivity index is 2.28. The number of hydrogen-bond donors (Lipinski definition) is 2. The molecule has 0 aromatic heterocycles. The Morgan fingerprint density at radius 2 is 2.00 bits per heavy atom. The first kappa shape index (κ1) is 16.3. The first-order valence-electron chi connectivity index (χ1n) is 7.55. The number of unbranched alkanes of at least 4 members (excludes halogenated alkanes) is 1. The molecule has 0 aliphatic heterocycles. The number of hydrogen-bond acceptors (Lipinski definition) is 4. The van der Waals surface area contributed by atoms with Crippen LogP contribution in [0.1, 0.15) is 32.6 Å². The first-order chi connectivity index (χ1) is 10.1. The number of aliphatic hydroxyl groups is 1. The first-order valence-corrected chi connectivity index (χ1v) is 9.04. The molecule has 118 valence electrons. The molecular formula is C15H24N2O3S. The van der Waals surface area contributed by atoms with Crippen LogP contribution in [0.15, 0.2) is 29.2 Å². The molecular weight excluding hydrogens is 288 g/mol. The molecule has 0 saturated heterocycles. The lowest BCUT2D eigenvalue weighted by atomic mass is 10.2. The summed E-state index contributed by atoms with van der Waals surface area (Å²) in [6, 6.07) is 7.11. The van der Waals surface area contributed by atoms with Crippen molar-refractivity contribution in [2.45, 2.75) is 43.5 Å². The van der Waals surface area contributed by atoms with Gasteiger partial charge in [0.15, 0.2) is 0 Å². The zero-order chi connectivity index (χ0) is 15.3. The number of nitrogens with one attached hydrogen (secondary N) is 1. The summed E-state index contributed by atoms with van der Waals surface area (Å²) in [7, 11) is -3.49. The van der Waals surface area contributed by atoms with E-state index in [0.717, 1.165) is 32.2 Å². The predicted octanol–water partition coefficient (Wildman–Crippen LogP) is 1.73. The minimum Gasteiger partial charge on any atom is -0.395 e. The third-order valence-electron chi connectivity index (χ3n) is 3.55. The fraction of sp³-hybridized carbons (Fsp3) is 0.600. The Bertz CT molecular complexity index is 556. The highest BCUT2D eigenvalue weighted by atomic mass is 32.2. The summed E-state index contributed by atoms with van der Waals surface area (Å²) >= 11 is 0. The average molecular weight is 312 g/mol. The van der Waals surface area contributed by atoms with Gasteiger partial charge >= 0.3 is 0 Å². The molecule has 2 N–H and O–H groups in total. The lowest BCUT2D eigenvalue weighted by Crippen LogP contribution is -2.32. The Morgan fingerprint density at radius 1 is 1.29 bits per heavy atom. The summed E-state index contributed by atoms with van der Waals surface area (Å²) in [5.41, 5.74) is 0.674. The molecule has 0 amide bonds. The van der Waals surface area contributed by atoms with Gasteiger partial charge in [-0.25, -0.2) is 13.1 Å². The number of aliphatic hydroxyl groups excluding tert-OH is 1. The average Bonchev–Trinajstić information content (AvgIpc) is 3.27. The molecule has 0 bridgehead atoms. The van der Waals surface area contributed by atoms with E-state index in [0.29, 0.717) is 17.1 Å². The van der Waals surface area contributed by atoms with Gasteiger partial charge in [-0.1, -0.05) is 25.5 Å². The van der Waals surface area contributed by atoms with E-state index >= 15 is 0 Å². The monoisotopic (exact) mass is 312 g/mol. The third kappa shape index (κ3) is 4.43. The molecule has 1 fully saturated rings. The highest BCUT2D eigenvalue weighted by molar-refractivity contribution is 7.89. The Hall–Kier alpha value is -1.11. The number of anilines is 1. The highest BCUT2D eigenvalue weighted by Crippen LogP contribution is 2.28. The second kappa shape index (κ2) is 7.24. The standard InChI is InChI=1S/C15H24N2O3S/c1-2-3-10-17(11-12-18)14-6-4-5-7-15(14)21(19,20)16-13-8-9-13/h4-7,13,16,18H,2-3,8-12H2,1H3. The number of sulfonamides is 1. The Morgan fingerprint density at radius 3 is 2.62 bits per heavy atom. The molecule has 6 heteroatoms. The van der Waals surface area contributed by atoms with E-state index in [2.05, 4.69) is 11.6 Å². The van der Waals surface area contributed by atoms with Gasteiger partial charge in [0, 0.05) is 19.1 Å². The van der Waals surface area contributed by atoms with Crippen molar-refractivity contribution in [3.63, 3.8) is 0 Å². The summed E-state index contributed by atoms with van der Waals surface area (Å²) < 4.78 is 27.7. The van der Waals surface area contributed by atoms with E-state index in [-0.39, 0.29) is 12.6 Å². The second-order valence-electron chi connectivity index (χ2n) is 5.43. The molecule has 0 radical (unpaired) electrons. The van der Waals surface area contributed by atoms with E-state index < -0.39 is 10.0 Å². The quantitative estimate of drug-likeness (QED) is 0.728. The van der Waals surface area contributed by atoms with Crippen molar-refractivity contribution in [2.75, 3.05) is 24.6 Å². The van der Waals surface area contributed by atoms with Gasteiger partial charge in [-0.2, -0.15) is 0 Å². The van der Waals surface area contributed by atoms with E-state index in [1.165, 1.54) is 0 Å². The zero-order valence-corrected chi connectivity index (χ0v) is 13.3. The van der Waals surface area contributed by atoms with Crippen molar-refractivity contribution in [3.05, 3.63) is 24.3 Å². The van der Waals surface area contributed by atoms with Crippen LogP contribution in [0, 0.1) is 0 Å². The van der Waals surface area contributed by atoms with Gasteiger partial charge < -0.3 is 10.0 Å². The Kier molecular flexibility index (Phi) is 5.61. The van der Waals surface area contributed by atoms with Gasteiger partial charge in [-0.15, -0.1) is 0 Å². The van der Waals surface area contributed by atoms with Crippen LogP contribution in [0.2, 0.25) is 0 Å². The van der Waals surface area contributed by atoms with Crippen molar-refractivity contribution in [1.29, 1.82) is 0 Å². The second-order valence-corrected chi connectivity index (χ2v) is 7.11.